The number of carbonyl (C=O) groups is 1. The second kappa shape index (κ2) is 9.72. The summed E-state index contributed by atoms with van der Waals surface area (Å²) in [4.78, 5) is 12.5. The highest BCUT2D eigenvalue weighted by Gasteiger charge is 2.10. The second-order valence-corrected chi connectivity index (χ2v) is 6.83. The van der Waals surface area contributed by atoms with Crippen LogP contribution in [0.4, 0.5) is 0 Å². The van der Waals surface area contributed by atoms with E-state index in [2.05, 4.69) is 34.6 Å². The summed E-state index contributed by atoms with van der Waals surface area (Å²) >= 11 is 0. The van der Waals surface area contributed by atoms with Crippen molar-refractivity contribution >= 4 is 5.91 Å². The number of aryl methyl sites for hydroxylation is 1. The van der Waals surface area contributed by atoms with Gasteiger partial charge in [-0.3, -0.25) is 9.89 Å². The standard InChI is InChI=1S/C23H27N3O/c1-2-3-4-6-9-18-12-14-20(15-13-18)23(27)24-16-21-17-25-26-22(21)19-10-7-5-8-11-19/h5,7-8,10-15,17H,2-4,6,9,16H2,1H3,(H,24,27)(H,25,26). The van der Waals surface area contributed by atoms with Crippen molar-refractivity contribution in [1.82, 2.24) is 15.5 Å². The number of rotatable bonds is 9. The van der Waals surface area contributed by atoms with E-state index in [0.29, 0.717) is 12.1 Å². The molecule has 0 bridgehead atoms. The maximum atomic E-state index is 12.5. The second-order valence-electron chi connectivity index (χ2n) is 6.83. The molecule has 0 atom stereocenters. The van der Waals surface area contributed by atoms with E-state index in [9.17, 15) is 4.79 Å². The Hall–Kier alpha value is -2.88. The molecule has 1 heterocycles. The first-order valence-corrected chi connectivity index (χ1v) is 9.72. The lowest BCUT2D eigenvalue weighted by atomic mass is 10.0. The van der Waals surface area contributed by atoms with Crippen LogP contribution in [0.2, 0.25) is 0 Å². The number of hydrogen-bond acceptors (Lipinski definition) is 2. The first-order valence-electron chi connectivity index (χ1n) is 9.72. The van der Waals surface area contributed by atoms with E-state index in [1.54, 1.807) is 6.20 Å². The molecule has 140 valence electrons. The Bertz CT molecular complexity index is 838. The van der Waals surface area contributed by atoms with Gasteiger partial charge in [-0.2, -0.15) is 5.10 Å². The molecule has 0 aliphatic rings. The van der Waals surface area contributed by atoms with Crippen molar-refractivity contribution in [1.29, 1.82) is 0 Å². The number of nitrogens with zero attached hydrogens (tertiary/aromatic N) is 1. The van der Waals surface area contributed by atoms with Gasteiger partial charge in [-0.15, -0.1) is 0 Å². The summed E-state index contributed by atoms with van der Waals surface area (Å²) in [5.74, 6) is -0.0623. The van der Waals surface area contributed by atoms with Crippen LogP contribution < -0.4 is 5.32 Å². The third kappa shape index (κ3) is 5.30. The minimum absolute atomic E-state index is 0.0623. The van der Waals surface area contributed by atoms with Gasteiger partial charge in [0.15, 0.2) is 0 Å². The Morgan fingerprint density at radius 1 is 1.00 bits per heavy atom. The zero-order valence-corrected chi connectivity index (χ0v) is 15.9. The molecule has 0 saturated carbocycles. The van der Waals surface area contributed by atoms with E-state index in [-0.39, 0.29) is 5.91 Å². The number of benzene rings is 2. The highest BCUT2D eigenvalue weighted by Crippen LogP contribution is 2.20. The van der Waals surface area contributed by atoms with E-state index in [4.69, 9.17) is 0 Å². The van der Waals surface area contributed by atoms with Crippen LogP contribution in [0.15, 0.2) is 60.8 Å². The average molecular weight is 361 g/mol. The largest absolute Gasteiger partial charge is 0.348 e. The number of nitrogens with one attached hydrogen (secondary N) is 2. The van der Waals surface area contributed by atoms with Gasteiger partial charge in [0.2, 0.25) is 0 Å². The summed E-state index contributed by atoms with van der Waals surface area (Å²) in [5, 5.41) is 10.1. The van der Waals surface area contributed by atoms with Gasteiger partial charge in [-0.1, -0.05) is 68.7 Å². The van der Waals surface area contributed by atoms with E-state index in [0.717, 1.165) is 23.2 Å². The Morgan fingerprint density at radius 2 is 1.78 bits per heavy atom. The first-order chi connectivity index (χ1) is 13.3. The van der Waals surface area contributed by atoms with Crippen LogP contribution in [-0.4, -0.2) is 16.1 Å². The summed E-state index contributed by atoms with van der Waals surface area (Å²) in [7, 11) is 0. The van der Waals surface area contributed by atoms with Crippen LogP contribution in [0.1, 0.15) is 54.1 Å². The fraction of sp³-hybridized carbons (Fsp3) is 0.304. The summed E-state index contributed by atoms with van der Waals surface area (Å²) in [6, 6.07) is 18.0. The molecule has 0 aliphatic carbocycles. The molecule has 0 aliphatic heterocycles. The first kappa shape index (κ1) is 18.9. The highest BCUT2D eigenvalue weighted by atomic mass is 16.1. The maximum absolute atomic E-state index is 12.5. The van der Waals surface area contributed by atoms with Crippen molar-refractivity contribution in [2.24, 2.45) is 0 Å². The number of amides is 1. The Balaban J connectivity index is 1.55. The normalized spacial score (nSPS) is 10.7. The molecule has 4 heteroatoms. The Labute approximate surface area is 161 Å². The molecule has 0 saturated heterocycles. The third-order valence-electron chi connectivity index (χ3n) is 4.75. The van der Waals surface area contributed by atoms with Crippen LogP contribution in [0.3, 0.4) is 0 Å². The monoisotopic (exact) mass is 361 g/mol. The molecule has 0 fully saturated rings. The number of aromatic amines is 1. The van der Waals surface area contributed by atoms with Crippen LogP contribution in [0.25, 0.3) is 11.3 Å². The van der Waals surface area contributed by atoms with Gasteiger partial charge in [0.1, 0.15) is 0 Å². The molecule has 27 heavy (non-hydrogen) atoms. The molecule has 2 aromatic carbocycles. The van der Waals surface area contributed by atoms with Gasteiger partial charge >= 0.3 is 0 Å². The molecule has 3 aromatic rings. The van der Waals surface area contributed by atoms with Gasteiger partial charge in [-0.05, 0) is 36.1 Å². The van der Waals surface area contributed by atoms with Crippen LogP contribution in [-0.2, 0) is 13.0 Å². The molecule has 1 amide bonds. The average Bonchev–Trinajstić information content (AvgIpc) is 3.19. The summed E-state index contributed by atoms with van der Waals surface area (Å²) in [6.45, 7) is 2.66. The number of aromatic nitrogens is 2. The predicted molar refractivity (Wildman–Crippen MR) is 109 cm³/mol. The minimum atomic E-state index is -0.0623. The van der Waals surface area contributed by atoms with Gasteiger partial charge < -0.3 is 5.32 Å². The molecule has 0 unspecified atom stereocenters. The van der Waals surface area contributed by atoms with E-state index < -0.39 is 0 Å². The SMILES string of the molecule is CCCCCCc1ccc(C(=O)NCc2cn[nH]c2-c2ccccc2)cc1. The van der Waals surface area contributed by atoms with Gasteiger partial charge in [0, 0.05) is 17.7 Å². The number of unbranched alkanes of at least 4 members (excludes halogenated alkanes) is 3. The summed E-state index contributed by atoms with van der Waals surface area (Å²) in [5.41, 5.74) is 4.97. The van der Waals surface area contributed by atoms with E-state index in [1.807, 2.05) is 42.5 Å². The van der Waals surface area contributed by atoms with Crippen molar-refractivity contribution < 1.29 is 4.79 Å². The lowest BCUT2D eigenvalue weighted by Crippen LogP contribution is -2.22. The predicted octanol–water partition coefficient (Wildman–Crippen LogP) is 5.13. The number of hydrogen-bond donors (Lipinski definition) is 2. The molecule has 1 aromatic heterocycles. The van der Waals surface area contributed by atoms with Crippen molar-refractivity contribution in [3.63, 3.8) is 0 Å². The fourth-order valence-electron chi connectivity index (χ4n) is 3.16. The topological polar surface area (TPSA) is 57.8 Å². The van der Waals surface area contributed by atoms with Crippen molar-refractivity contribution in [2.45, 2.75) is 45.6 Å². The minimum Gasteiger partial charge on any atom is -0.348 e. The maximum Gasteiger partial charge on any atom is 0.251 e. The van der Waals surface area contributed by atoms with Crippen LogP contribution in [0, 0.1) is 0 Å². The van der Waals surface area contributed by atoms with Crippen LogP contribution >= 0.6 is 0 Å². The lowest BCUT2D eigenvalue weighted by Gasteiger charge is -2.07. The van der Waals surface area contributed by atoms with Crippen LogP contribution in [0.5, 0.6) is 0 Å². The van der Waals surface area contributed by atoms with Gasteiger partial charge in [0.25, 0.3) is 5.91 Å². The molecule has 0 radical (unpaired) electrons. The smallest absolute Gasteiger partial charge is 0.251 e. The molecule has 4 nitrogen and oxygen atoms in total. The van der Waals surface area contributed by atoms with E-state index in [1.165, 1.54) is 31.2 Å². The van der Waals surface area contributed by atoms with Crippen molar-refractivity contribution in [2.75, 3.05) is 0 Å². The summed E-state index contributed by atoms with van der Waals surface area (Å²) < 4.78 is 0. The Morgan fingerprint density at radius 3 is 2.52 bits per heavy atom. The molecule has 0 spiro atoms. The van der Waals surface area contributed by atoms with E-state index >= 15 is 0 Å². The fourth-order valence-corrected chi connectivity index (χ4v) is 3.16. The molecule has 2 N–H and O–H groups in total. The third-order valence-corrected chi connectivity index (χ3v) is 4.75. The quantitative estimate of drug-likeness (QED) is 0.519. The molecule has 3 rings (SSSR count). The lowest BCUT2D eigenvalue weighted by molar-refractivity contribution is 0.0951. The van der Waals surface area contributed by atoms with Gasteiger partial charge in [-0.25, -0.2) is 0 Å². The Kier molecular flexibility index (Phi) is 6.80. The highest BCUT2D eigenvalue weighted by molar-refractivity contribution is 5.94. The zero-order chi connectivity index (χ0) is 18.9. The molecular formula is C23H27N3O. The zero-order valence-electron chi connectivity index (χ0n) is 15.9. The van der Waals surface area contributed by atoms with Gasteiger partial charge in [0.05, 0.1) is 11.9 Å². The molecular weight excluding hydrogens is 334 g/mol. The number of H-pyrrole nitrogens is 1. The number of carbonyl (C=O) groups excluding carboxylic acids is 1. The van der Waals surface area contributed by atoms with Crippen molar-refractivity contribution in [3.05, 3.63) is 77.5 Å². The summed E-state index contributed by atoms with van der Waals surface area (Å²) in [6.07, 6.45) is 7.87. The van der Waals surface area contributed by atoms with Crippen molar-refractivity contribution in [3.8, 4) is 11.3 Å².